The molecule has 0 bridgehead atoms. The van der Waals surface area contributed by atoms with Crippen LogP contribution >= 0.6 is 0 Å². The Hall–Kier alpha value is -1.30. The van der Waals surface area contributed by atoms with E-state index in [-0.39, 0.29) is 6.04 Å². The van der Waals surface area contributed by atoms with Gasteiger partial charge in [-0.05, 0) is 18.9 Å². The first-order valence-corrected chi connectivity index (χ1v) is 7.22. The molecule has 1 fully saturated rings. The summed E-state index contributed by atoms with van der Waals surface area (Å²) in [6, 6.07) is 5.95. The number of methoxy groups -OCH3 is 2. The number of rotatable bonds is 6. The zero-order valence-corrected chi connectivity index (χ0v) is 12.4. The van der Waals surface area contributed by atoms with Crippen LogP contribution in [0.25, 0.3) is 0 Å². The van der Waals surface area contributed by atoms with E-state index in [2.05, 4.69) is 10.4 Å². The number of hydrogen-bond donors (Lipinski definition) is 2. The monoisotopic (exact) mass is 279 g/mol. The molecule has 1 aliphatic rings. The molecule has 1 aromatic carbocycles. The van der Waals surface area contributed by atoms with Crippen molar-refractivity contribution in [2.75, 3.05) is 33.9 Å². The number of ether oxygens (including phenoxy) is 2. The van der Waals surface area contributed by atoms with E-state index in [9.17, 15) is 0 Å². The Balaban J connectivity index is 2.17. The predicted octanol–water partition coefficient (Wildman–Crippen LogP) is 1.69. The molecule has 0 amide bonds. The van der Waals surface area contributed by atoms with Crippen molar-refractivity contribution in [2.24, 2.45) is 5.73 Å². The largest absolute Gasteiger partial charge is 0.493 e. The molecular weight excluding hydrogens is 254 g/mol. The summed E-state index contributed by atoms with van der Waals surface area (Å²) in [4.78, 5) is 0. The van der Waals surface area contributed by atoms with Crippen molar-refractivity contribution in [1.29, 1.82) is 0 Å². The second-order valence-electron chi connectivity index (χ2n) is 5.05. The Morgan fingerprint density at radius 2 is 1.95 bits per heavy atom. The van der Waals surface area contributed by atoms with Gasteiger partial charge in [-0.25, -0.2) is 10.4 Å². The zero-order chi connectivity index (χ0) is 14.4. The van der Waals surface area contributed by atoms with E-state index in [0.29, 0.717) is 6.54 Å². The van der Waals surface area contributed by atoms with E-state index < -0.39 is 0 Å². The third kappa shape index (κ3) is 3.42. The van der Waals surface area contributed by atoms with Crippen LogP contribution in [-0.2, 0) is 0 Å². The number of nitrogens with two attached hydrogens (primary N) is 1. The minimum Gasteiger partial charge on any atom is -0.493 e. The quantitative estimate of drug-likeness (QED) is 0.830. The van der Waals surface area contributed by atoms with Crippen molar-refractivity contribution in [3.05, 3.63) is 23.8 Å². The van der Waals surface area contributed by atoms with Crippen molar-refractivity contribution in [3.63, 3.8) is 0 Å². The van der Waals surface area contributed by atoms with E-state index in [0.717, 1.165) is 30.2 Å². The second-order valence-corrected chi connectivity index (χ2v) is 5.05. The second kappa shape index (κ2) is 7.47. The van der Waals surface area contributed by atoms with Gasteiger partial charge in [0, 0.05) is 25.2 Å². The molecular formula is C15H25N3O2. The van der Waals surface area contributed by atoms with Gasteiger partial charge in [0.1, 0.15) is 0 Å². The molecule has 0 spiro atoms. The van der Waals surface area contributed by atoms with Gasteiger partial charge in [0.15, 0.2) is 11.5 Å². The summed E-state index contributed by atoms with van der Waals surface area (Å²) in [7, 11) is 3.31. The highest BCUT2D eigenvalue weighted by molar-refractivity contribution is 5.48. The highest BCUT2D eigenvalue weighted by atomic mass is 16.5. The van der Waals surface area contributed by atoms with Gasteiger partial charge >= 0.3 is 0 Å². The summed E-state index contributed by atoms with van der Waals surface area (Å²) in [6.07, 6.45) is 3.78. The van der Waals surface area contributed by atoms with Gasteiger partial charge in [0.05, 0.1) is 20.3 Å². The lowest BCUT2D eigenvalue weighted by atomic mass is 10.1. The highest BCUT2D eigenvalue weighted by Gasteiger charge is 2.21. The Morgan fingerprint density at radius 1 is 1.20 bits per heavy atom. The third-order valence-electron chi connectivity index (χ3n) is 3.74. The molecule has 0 aliphatic carbocycles. The van der Waals surface area contributed by atoms with E-state index >= 15 is 0 Å². The van der Waals surface area contributed by atoms with Gasteiger partial charge < -0.3 is 15.2 Å². The van der Waals surface area contributed by atoms with E-state index in [1.807, 2.05) is 18.2 Å². The number of nitrogens with one attached hydrogen (secondary N) is 1. The molecule has 5 heteroatoms. The predicted molar refractivity (Wildman–Crippen MR) is 79.9 cm³/mol. The molecule has 1 atom stereocenters. The summed E-state index contributed by atoms with van der Waals surface area (Å²) in [5, 5.41) is 2.26. The first-order valence-electron chi connectivity index (χ1n) is 7.22. The first-order chi connectivity index (χ1) is 9.80. The van der Waals surface area contributed by atoms with Crippen LogP contribution in [0.2, 0.25) is 0 Å². The molecule has 0 radical (unpaired) electrons. The van der Waals surface area contributed by atoms with Crippen LogP contribution in [0.1, 0.15) is 30.9 Å². The minimum absolute atomic E-state index is 0.0400. The van der Waals surface area contributed by atoms with Crippen LogP contribution in [0, 0.1) is 0 Å². The molecule has 1 unspecified atom stereocenters. The van der Waals surface area contributed by atoms with Gasteiger partial charge in [-0.15, -0.1) is 0 Å². The minimum atomic E-state index is 0.0400. The summed E-state index contributed by atoms with van der Waals surface area (Å²) >= 11 is 0. The molecule has 5 nitrogen and oxygen atoms in total. The fraction of sp³-hybridized carbons (Fsp3) is 0.600. The maximum atomic E-state index is 5.95. The zero-order valence-electron chi connectivity index (χ0n) is 12.4. The summed E-state index contributed by atoms with van der Waals surface area (Å²) in [5.41, 5.74) is 10.5. The number of piperidine rings is 1. The molecule has 1 aliphatic heterocycles. The van der Waals surface area contributed by atoms with Crippen LogP contribution in [0.3, 0.4) is 0 Å². The van der Waals surface area contributed by atoms with Crippen molar-refractivity contribution in [3.8, 4) is 11.5 Å². The number of hydrazine groups is 1. The summed E-state index contributed by atoms with van der Waals surface area (Å²) in [6.45, 7) is 2.66. The van der Waals surface area contributed by atoms with Gasteiger partial charge in [0.25, 0.3) is 0 Å². The fourth-order valence-electron chi connectivity index (χ4n) is 2.68. The fourth-order valence-corrected chi connectivity index (χ4v) is 2.68. The van der Waals surface area contributed by atoms with Gasteiger partial charge in [-0.3, -0.25) is 0 Å². The Bertz CT molecular complexity index is 420. The van der Waals surface area contributed by atoms with E-state index in [1.165, 1.54) is 19.3 Å². The SMILES string of the molecule is COc1cccc(C(CN)NN2CCCCC2)c1OC. The maximum absolute atomic E-state index is 5.95. The van der Waals surface area contributed by atoms with Gasteiger partial charge in [-0.1, -0.05) is 18.6 Å². The smallest absolute Gasteiger partial charge is 0.165 e. The first kappa shape index (κ1) is 15.1. The third-order valence-corrected chi connectivity index (χ3v) is 3.74. The average molecular weight is 279 g/mol. The van der Waals surface area contributed by atoms with Crippen LogP contribution in [0.15, 0.2) is 18.2 Å². The molecule has 1 aromatic rings. The van der Waals surface area contributed by atoms with Crippen molar-refractivity contribution < 1.29 is 9.47 Å². The van der Waals surface area contributed by atoms with Crippen molar-refractivity contribution in [2.45, 2.75) is 25.3 Å². The lowest BCUT2D eigenvalue weighted by Crippen LogP contribution is -2.45. The number of nitrogens with zero attached hydrogens (tertiary/aromatic N) is 1. The molecule has 20 heavy (non-hydrogen) atoms. The molecule has 1 saturated heterocycles. The standard InChI is InChI=1S/C15H25N3O2/c1-19-14-8-6-7-12(15(14)20-2)13(11-16)17-18-9-4-3-5-10-18/h6-8,13,17H,3-5,9-11,16H2,1-2H3. The molecule has 0 aromatic heterocycles. The van der Waals surface area contributed by atoms with Crippen LogP contribution < -0.4 is 20.6 Å². The lowest BCUT2D eigenvalue weighted by molar-refractivity contribution is 0.129. The topological polar surface area (TPSA) is 59.8 Å². The van der Waals surface area contributed by atoms with E-state index in [4.69, 9.17) is 15.2 Å². The molecule has 112 valence electrons. The van der Waals surface area contributed by atoms with Crippen molar-refractivity contribution >= 4 is 0 Å². The van der Waals surface area contributed by atoms with Gasteiger partial charge in [-0.2, -0.15) is 0 Å². The normalized spacial score (nSPS) is 17.8. The summed E-state index contributed by atoms with van der Waals surface area (Å²) in [5.74, 6) is 1.50. The maximum Gasteiger partial charge on any atom is 0.165 e. The van der Waals surface area contributed by atoms with Crippen LogP contribution in [0.4, 0.5) is 0 Å². The molecule has 2 rings (SSSR count). The molecule has 0 saturated carbocycles. The number of hydrogen-bond acceptors (Lipinski definition) is 5. The molecule has 1 heterocycles. The molecule has 3 N–H and O–H groups in total. The van der Waals surface area contributed by atoms with E-state index in [1.54, 1.807) is 14.2 Å². The highest BCUT2D eigenvalue weighted by Crippen LogP contribution is 2.34. The number of para-hydroxylation sites is 1. The van der Waals surface area contributed by atoms with Crippen LogP contribution in [-0.4, -0.2) is 38.9 Å². The lowest BCUT2D eigenvalue weighted by Gasteiger charge is -2.32. The average Bonchev–Trinajstić information content (AvgIpc) is 2.52. The summed E-state index contributed by atoms with van der Waals surface area (Å²) < 4.78 is 10.9. The van der Waals surface area contributed by atoms with Crippen LogP contribution in [0.5, 0.6) is 11.5 Å². The van der Waals surface area contributed by atoms with Gasteiger partial charge in [0.2, 0.25) is 0 Å². The Labute approximate surface area is 121 Å². The van der Waals surface area contributed by atoms with Crippen molar-refractivity contribution in [1.82, 2.24) is 10.4 Å². The number of benzene rings is 1. The Morgan fingerprint density at radius 3 is 2.55 bits per heavy atom. The Kier molecular flexibility index (Phi) is 5.64.